The molecule has 0 aliphatic heterocycles. The number of aromatic nitrogens is 3. The Morgan fingerprint density at radius 3 is 2.68 bits per heavy atom. The van der Waals surface area contributed by atoms with Gasteiger partial charge in [0, 0.05) is 11.7 Å². The van der Waals surface area contributed by atoms with Crippen LogP contribution in [0.4, 0.5) is 18.9 Å². The first-order chi connectivity index (χ1) is 14.9. The predicted molar refractivity (Wildman–Crippen MR) is 111 cm³/mol. The van der Waals surface area contributed by atoms with E-state index in [-0.39, 0.29) is 17.5 Å². The van der Waals surface area contributed by atoms with Crippen LogP contribution in [0.5, 0.6) is 0 Å². The maximum absolute atomic E-state index is 12.9. The van der Waals surface area contributed by atoms with E-state index < -0.39 is 17.6 Å². The van der Waals surface area contributed by atoms with E-state index in [9.17, 15) is 18.0 Å². The number of anilines is 1. The third kappa shape index (κ3) is 5.12. The third-order valence-corrected chi connectivity index (χ3v) is 6.10. The number of alkyl halides is 3. The van der Waals surface area contributed by atoms with Crippen LogP contribution < -0.4 is 5.32 Å². The number of carbonyl (C=O) groups excluding carboxylic acids is 1. The largest absolute Gasteiger partial charge is 0.461 e. The minimum Gasteiger partial charge on any atom is -0.461 e. The van der Waals surface area contributed by atoms with Gasteiger partial charge in [0.1, 0.15) is 0 Å². The Morgan fingerprint density at radius 2 is 1.97 bits per heavy atom. The summed E-state index contributed by atoms with van der Waals surface area (Å²) < 4.78 is 46.1. The van der Waals surface area contributed by atoms with Gasteiger partial charge in [0.2, 0.25) is 11.7 Å². The van der Waals surface area contributed by atoms with Gasteiger partial charge in [-0.3, -0.25) is 9.36 Å². The lowest BCUT2D eigenvalue weighted by Crippen LogP contribution is -2.17. The summed E-state index contributed by atoms with van der Waals surface area (Å²) in [6.07, 6.45) is 2.52. The average Bonchev–Trinajstić information content (AvgIpc) is 3.42. The summed E-state index contributed by atoms with van der Waals surface area (Å²) in [7, 11) is 0. The number of amides is 1. The SMILES string of the molecule is O=C(CSc1nnc(-c2ccco2)n1C1CCCCC1)Nc1cccc(C(F)(F)F)c1. The molecular weight excluding hydrogens is 429 g/mol. The molecule has 6 nitrogen and oxygen atoms in total. The first kappa shape index (κ1) is 21.5. The number of nitrogens with one attached hydrogen (secondary N) is 1. The van der Waals surface area contributed by atoms with Gasteiger partial charge >= 0.3 is 6.18 Å². The number of halogens is 3. The maximum atomic E-state index is 12.9. The van der Waals surface area contributed by atoms with Crippen LogP contribution in [0, 0.1) is 0 Å². The molecule has 0 bridgehead atoms. The zero-order chi connectivity index (χ0) is 21.8. The molecule has 0 saturated heterocycles. The number of benzene rings is 1. The second-order valence-corrected chi connectivity index (χ2v) is 8.30. The number of thioether (sulfide) groups is 1. The molecule has 31 heavy (non-hydrogen) atoms. The van der Waals surface area contributed by atoms with E-state index in [0.29, 0.717) is 16.7 Å². The maximum Gasteiger partial charge on any atom is 0.416 e. The average molecular weight is 450 g/mol. The Hall–Kier alpha value is -2.75. The topological polar surface area (TPSA) is 73.0 Å². The minimum absolute atomic E-state index is 0.000741. The van der Waals surface area contributed by atoms with Crippen molar-refractivity contribution in [1.29, 1.82) is 0 Å². The van der Waals surface area contributed by atoms with Crippen LogP contribution in [-0.2, 0) is 11.0 Å². The first-order valence-corrected chi connectivity index (χ1v) is 11.0. The van der Waals surface area contributed by atoms with Crippen LogP contribution >= 0.6 is 11.8 Å². The fraction of sp³-hybridized carbons (Fsp3) is 0.381. The highest BCUT2D eigenvalue weighted by atomic mass is 32.2. The minimum atomic E-state index is -4.46. The summed E-state index contributed by atoms with van der Waals surface area (Å²) >= 11 is 1.21. The number of carbonyl (C=O) groups is 1. The molecule has 164 valence electrons. The van der Waals surface area contributed by atoms with E-state index in [4.69, 9.17) is 4.42 Å². The highest BCUT2D eigenvalue weighted by molar-refractivity contribution is 7.99. The van der Waals surface area contributed by atoms with E-state index in [2.05, 4.69) is 15.5 Å². The van der Waals surface area contributed by atoms with Crippen LogP contribution in [0.2, 0.25) is 0 Å². The molecule has 4 rings (SSSR count). The summed E-state index contributed by atoms with van der Waals surface area (Å²) in [5.41, 5.74) is -0.705. The molecule has 0 radical (unpaired) electrons. The molecule has 0 atom stereocenters. The molecule has 1 amide bonds. The van der Waals surface area contributed by atoms with Crippen molar-refractivity contribution < 1.29 is 22.4 Å². The van der Waals surface area contributed by atoms with Gasteiger partial charge in [-0.15, -0.1) is 10.2 Å². The monoisotopic (exact) mass is 450 g/mol. The number of furan rings is 1. The first-order valence-electron chi connectivity index (χ1n) is 10.0. The van der Waals surface area contributed by atoms with Crippen LogP contribution in [0.15, 0.2) is 52.2 Å². The number of rotatable bonds is 6. The van der Waals surface area contributed by atoms with Crippen LogP contribution in [0.3, 0.4) is 0 Å². The van der Waals surface area contributed by atoms with E-state index in [1.54, 1.807) is 12.3 Å². The summed E-state index contributed by atoms with van der Waals surface area (Å²) in [4.78, 5) is 12.4. The lowest BCUT2D eigenvalue weighted by atomic mass is 9.95. The second-order valence-electron chi connectivity index (χ2n) is 7.36. The molecule has 1 aromatic carbocycles. The smallest absolute Gasteiger partial charge is 0.416 e. The number of nitrogens with zero attached hydrogens (tertiary/aromatic N) is 3. The van der Waals surface area contributed by atoms with Gasteiger partial charge in [-0.1, -0.05) is 37.1 Å². The lowest BCUT2D eigenvalue weighted by molar-refractivity contribution is -0.137. The Bertz CT molecular complexity index is 1030. The standard InChI is InChI=1S/C21H21F3N4O2S/c22-21(23,24)14-6-4-7-15(12-14)25-18(29)13-31-20-27-26-19(17-10-5-11-30-17)28(20)16-8-2-1-3-9-16/h4-7,10-12,16H,1-3,8-9,13H2,(H,25,29). The van der Waals surface area contributed by atoms with Crippen molar-refractivity contribution in [2.24, 2.45) is 0 Å². The van der Waals surface area contributed by atoms with E-state index in [0.717, 1.165) is 37.8 Å². The van der Waals surface area contributed by atoms with Crippen molar-refractivity contribution in [1.82, 2.24) is 14.8 Å². The summed E-state index contributed by atoms with van der Waals surface area (Å²) in [5.74, 6) is 0.817. The Balaban J connectivity index is 1.47. The van der Waals surface area contributed by atoms with E-state index in [1.807, 2.05) is 10.6 Å². The van der Waals surface area contributed by atoms with Crippen molar-refractivity contribution in [3.63, 3.8) is 0 Å². The van der Waals surface area contributed by atoms with Gasteiger partial charge in [-0.2, -0.15) is 13.2 Å². The molecule has 1 aliphatic carbocycles. The van der Waals surface area contributed by atoms with Crippen molar-refractivity contribution in [2.75, 3.05) is 11.1 Å². The Kier molecular flexibility index (Phi) is 6.35. The van der Waals surface area contributed by atoms with Crippen molar-refractivity contribution in [2.45, 2.75) is 49.5 Å². The highest BCUT2D eigenvalue weighted by Gasteiger charge is 2.30. The number of hydrogen-bond acceptors (Lipinski definition) is 5. The molecule has 1 saturated carbocycles. The molecule has 2 aromatic heterocycles. The van der Waals surface area contributed by atoms with Gasteiger partial charge < -0.3 is 9.73 Å². The van der Waals surface area contributed by atoms with E-state index in [1.165, 1.54) is 30.3 Å². The quantitative estimate of drug-likeness (QED) is 0.481. The predicted octanol–water partition coefficient (Wildman–Crippen LogP) is 5.79. The number of hydrogen-bond donors (Lipinski definition) is 1. The lowest BCUT2D eigenvalue weighted by Gasteiger charge is -2.25. The van der Waals surface area contributed by atoms with Gasteiger partial charge in [-0.25, -0.2) is 0 Å². The van der Waals surface area contributed by atoms with E-state index >= 15 is 0 Å². The molecule has 0 spiro atoms. The Labute approximate surface area is 181 Å². The van der Waals surface area contributed by atoms with Gasteiger partial charge in [-0.05, 0) is 43.2 Å². The van der Waals surface area contributed by atoms with Gasteiger partial charge in [0.15, 0.2) is 10.9 Å². The third-order valence-electron chi connectivity index (χ3n) is 5.15. The highest BCUT2D eigenvalue weighted by Crippen LogP contribution is 2.36. The molecule has 10 heteroatoms. The summed E-state index contributed by atoms with van der Waals surface area (Å²) in [5, 5.41) is 11.7. The van der Waals surface area contributed by atoms with Crippen molar-refractivity contribution in [3.8, 4) is 11.6 Å². The zero-order valence-electron chi connectivity index (χ0n) is 16.6. The fourth-order valence-electron chi connectivity index (χ4n) is 3.72. The molecular formula is C21H21F3N4O2S. The second kappa shape index (κ2) is 9.17. The van der Waals surface area contributed by atoms with Crippen molar-refractivity contribution >= 4 is 23.4 Å². The van der Waals surface area contributed by atoms with Gasteiger partial charge in [0.25, 0.3) is 0 Å². The zero-order valence-corrected chi connectivity index (χ0v) is 17.4. The molecule has 2 heterocycles. The van der Waals surface area contributed by atoms with Gasteiger partial charge in [0.05, 0.1) is 17.6 Å². The summed E-state index contributed by atoms with van der Waals surface area (Å²) in [6, 6.07) is 8.40. The molecule has 0 unspecified atom stereocenters. The van der Waals surface area contributed by atoms with Crippen LogP contribution in [-0.4, -0.2) is 26.4 Å². The van der Waals surface area contributed by atoms with Crippen molar-refractivity contribution in [3.05, 3.63) is 48.2 Å². The van der Waals surface area contributed by atoms with Crippen LogP contribution in [0.25, 0.3) is 11.6 Å². The Morgan fingerprint density at radius 1 is 1.16 bits per heavy atom. The molecule has 3 aromatic rings. The van der Waals surface area contributed by atoms with Crippen LogP contribution in [0.1, 0.15) is 43.7 Å². The molecule has 1 N–H and O–H groups in total. The molecule has 1 aliphatic rings. The summed E-state index contributed by atoms with van der Waals surface area (Å²) in [6.45, 7) is 0. The normalized spacial score (nSPS) is 15.2. The molecule has 1 fully saturated rings. The fourth-order valence-corrected chi connectivity index (χ4v) is 4.52.